The molecule has 0 unspecified atom stereocenters. The molecule has 0 heterocycles. The lowest BCUT2D eigenvalue weighted by Crippen LogP contribution is -2.33. The minimum Gasteiger partial charge on any atom is -0.448 e. The van der Waals surface area contributed by atoms with Crippen LogP contribution in [-0.2, 0) is 6.54 Å². The van der Waals surface area contributed by atoms with Crippen molar-refractivity contribution in [3.63, 3.8) is 0 Å². The summed E-state index contributed by atoms with van der Waals surface area (Å²) in [5.41, 5.74) is 0.863. The molecule has 1 nitrogen and oxygen atoms in total. The molecule has 0 fully saturated rings. The largest absolute Gasteiger partial charge is 0.491 e. The lowest BCUT2D eigenvalue weighted by Gasteiger charge is -2.14. The zero-order chi connectivity index (χ0) is 9.73. The molecule has 0 bridgehead atoms. The monoisotopic (exact) mass is 188 g/mol. The first-order chi connectivity index (χ1) is 6.08. The van der Waals surface area contributed by atoms with E-state index in [1.165, 1.54) is 0 Å². The summed E-state index contributed by atoms with van der Waals surface area (Å²) in [6.07, 6.45) is -0.880. The van der Waals surface area contributed by atoms with Crippen LogP contribution in [0.5, 0.6) is 0 Å². The van der Waals surface area contributed by atoms with E-state index in [1.54, 1.807) is 24.3 Å². The van der Waals surface area contributed by atoms with E-state index in [0.29, 0.717) is 0 Å². The first-order valence-corrected chi connectivity index (χ1v) is 4.03. The maximum atomic E-state index is 11.8. The van der Waals surface area contributed by atoms with Gasteiger partial charge in [-0.3, -0.25) is 0 Å². The van der Waals surface area contributed by atoms with Crippen LogP contribution in [0.2, 0.25) is 0 Å². The Morgan fingerprint density at radius 3 is 2.23 bits per heavy atom. The van der Waals surface area contributed by atoms with E-state index < -0.39 is 13.4 Å². The molecule has 0 aliphatic carbocycles. The first kappa shape index (κ1) is 10.1. The predicted molar refractivity (Wildman–Crippen MR) is 47.2 cm³/mol. The number of rotatable bonds is 4. The van der Waals surface area contributed by atoms with Crippen molar-refractivity contribution in [2.24, 2.45) is 0 Å². The van der Waals surface area contributed by atoms with Crippen molar-refractivity contribution in [2.45, 2.75) is 6.54 Å². The highest BCUT2D eigenvalue weighted by Crippen LogP contribution is 2.06. The highest BCUT2D eigenvalue weighted by atomic mass is 19.4. The summed E-state index contributed by atoms with van der Waals surface area (Å²) >= 11 is 0. The van der Waals surface area contributed by atoms with E-state index in [1.807, 2.05) is 6.07 Å². The molecule has 1 rings (SSSR count). The average Bonchev–Trinajstić information content (AvgIpc) is 2.04. The van der Waals surface area contributed by atoms with Gasteiger partial charge < -0.3 is 18.3 Å². The van der Waals surface area contributed by atoms with E-state index in [-0.39, 0.29) is 6.54 Å². The van der Waals surface area contributed by atoms with Crippen LogP contribution in [0.4, 0.5) is 12.9 Å². The van der Waals surface area contributed by atoms with Crippen LogP contribution in [0, 0.1) is 0 Å². The maximum Gasteiger partial charge on any atom is 0.491 e. The summed E-state index contributed by atoms with van der Waals surface area (Å²) in [6, 6.07) is 9.01. The highest BCUT2D eigenvalue weighted by Gasteiger charge is 2.21. The number of halogens is 3. The zero-order valence-corrected chi connectivity index (χ0v) is 7.01. The smallest absolute Gasteiger partial charge is 0.448 e. The van der Waals surface area contributed by atoms with E-state index in [9.17, 15) is 12.9 Å². The molecule has 1 aromatic carbocycles. The third kappa shape index (κ3) is 4.57. The number of nitrogens with one attached hydrogen (secondary N) is 1. The molecule has 0 saturated carbocycles. The van der Waals surface area contributed by atoms with Gasteiger partial charge in [-0.1, -0.05) is 30.3 Å². The van der Waals surface area contributed by atoms with Crippen molar-refractivity contribution in [2.75, 3.05) is 6.44 Å². The molecule has 0 spiro atoms. The van der Waals surface area contributed by atoms with Gasteiger partial charge in [-0.05, 0) is 12.0 Å². The fourth-order valence-electron chi connectivity index (χ4n) is 0.976. The Labute approximate surface area is 75.0 Å². The molecular formula is C8H10BF3N-. The molecule has 1 N–H and O–H groups in total. The summed E-state index contributed by atoms with van der Waals surface area (Å²) in [5.74, 6) is 0. The molecule has 0 aliphatic heterocycles. The van der Waals surface area contributed by atoms with E-state index in [2.05, 4.69) is 5.32 Å². The molecule has 0 amide bonds. The second kappa shape index (κ2) is 4.32. The Morgan fingerprint density at radius 2 is 1.69 bits per heavy atom. The summed E-state index contributed by atoms with van der Waals surface area (Å²) in [6.45, 7) is -4.45. The average molecular weight is 188 g/mol. The van der Waals surface area contributed by atoms with Crippen LogP contribution >= 0.6 is 0 Å². The normalized spacial score (nSPS) is 11.6. The molecule has 0 radical (unpaired) electrons. The first-order valence-electron chi connectivity index (χ1n) is 4.03. The maximum absolute atomic E-state index is 11.8. The van der Waals surface area contributed by atoms with E-state index in [4.69, 9.17) is 0 Å². The van der Waals surface area contributed by atoms with Gasteiger partial charge in [0.2, 0.25) is 0 Å². The van der Waals surface area contributed by atoms with Crippen molar-refractivity contribution >= 4 is 6.98 Å². The fraction of sp³-hybridized carbons (Fsp3) is 0.250. The topological polar surface area (TPSA) is 12.0 Å². The summed E-state index contributed by atoms with van der Waals surface area (Å²) in [4.78, 5) is 0. The van der Waals surface area contributed by atoms with Crippen molar-refractivity contribution in [3.8, 4) is 0 Å². The Morgan fingerprint density at radius 1 is 1.08 bits per heavy atom. The SMILES string of the molecule is F[B-](F)(F)CNCc1ccccc1. The van der Waals surface area contributed by atoms with E-state index >= 15 is 0 Å². The molecule has 5 heteroatoms. The lowest BCUT2D eigenvalue weighted by molar-refractivity contribution is 0.456. The third-order valence-electron chi connectivity index (χ3n) is 1.55. The number of hydrogen-bond donors (Lipinski definition) is 1. The minimum absolute atomic E-state index is 0.266. The Kier molecular flexibility index (Phi) is 3.36. The highest BCUT2D eigenvalue weighted by molar-refractivity contribution is 6.58. The Hall–Kier alpha value is -0.965. The van der Waals surface area contributed by atoms with Crippen molar-refractivity contribution in [1.82, 2.24) is 5.32 Å². The van der Waals surface area contributed by atoms with Gasteiger partial charge in [0.05, 0.1) is 0 Å². The van der Waals surface area contributed by atoms with E-state index in [0.717, 1.165) is 5.56 Å². The second-order valence-corrected chi connectivity index (χ2v) is 2.83. The lowest BCUT2D eigenvalue weighted by atomic mass is 9.92. The van der Waals surface area contributed by atoms with Gasteiger partial charge in [-0.25, -0.2) is 0 Å². The van der Waals surface area contributed by atoms with Gasteiger partial charge in [0.1, 0.15) is 0 Å². The van der Waals surface area contributed by atoms with Gasteiger partial charge in [-0.15, -0.1) is 0 Å². The second-order valence-electron chi connectivity index (χ2n) is 2.83. The molecule has 72 valence electrons. The van der Waals surface area contributed by atoms with Gasteiger partial charge in [0.15, 0.2) is 0 Å². The van der Waals surface area contributed by atoms with Crippen LogP contribution in [0.25, 0.3) is 0 Å². The summed E-state index contributed by atoms with van der Waals surface area (Å²) in [5, 5.41) is 2.34. The summed E-state index contributed by atoms with van der Waals surface area (Å²) < 4.78 is 35.3. The Bertz CT molecular complexity index is 247. The third-order valence-corrected chi connectivity index (χ3v) is 1.55. The molecule has 1 aromatic rings. The number of hydrogen-bond acceptors (Lipinski definition) is 1. The summed E-state index contributed by atoms with van der Waals surface area (Å²) in [7, 11) is 0. The van der Waals surface area contributed by atoms with Crippen LogP contribution in [0.3, 0.4) is 0 Å². The van der Waals surface area contributed by atoms with Crippen LogP contribution in [0.1, 0.15) is 5.56 Å². The van der Waals surface area contributed by atoms with Crippen LogP contribution in [-0.4, -0.2) is 13.4 Å². The molecular weight excluding hydrogens is 178 g/mol. The van der Waals surface area contributed by atoms with Gasteiger partial charge >= 0.3 is 6.98 Å². The standard InChI is InChI=1S/C8H10BF3N/c10-9(11,12)7-13-6-8-4-2-1-3-5-8/h1-5,13H,6-7H2/q-1. The van der Waals surface area contributed by atoms with Crippen molar-refractivity contribution in [1.29, 1.82) is 0 Å². The van der Waals surface area contributed by atoms with Gasteiger partial charge in [0, 0.05) is 6.54 Å². The van der Waals surface area contributed by atoms with Crippen molar-refractivity contribution < 1.29 is 12.9 Å². The van der Waals surface area contributed by atoms with Crippen LogP contribution < -0.4 is 5.32 Å². The number of benzene rings is 1. The molecule has 13 heavy (non-hydrogen) atoms. The minimum atomic E-state index is -4.71. The molecule has 0 aromatic heterocycles. The van der Waals surface area contributed by atoms with Crippen molar-refractivity contribution in [3.05, 3.63) is 35.9 Å². The molecule has 0 saturated heterocycles. The van der Waals surface area contributed by atoms with Gasteiger partial charge in [0.25, 0.3) is 0 Å². The molecule has 0 atom stereocenters. The van der Waals surface area contributed by atoms with Gasteiger partial charge in [-0.2, -0.15) is 0 Å². The fourth-order valence-corrected chi connectivity index (χ4v) is 0.976. The Balaban J connectivity index is 2.29. The van der Waals surface area contributed by atoms with Crippen LogP contribution in [0.15, 0.2) is 30.3 Å². The quantitative estimate of drug-likeness (QED) is 0.713. The molecule has 0 aliphatic rings. The predicted octanol–water partition coefficient (Wildman–Crippen LogP) is 2.16. The zero-order valence-electron chi connectivity index (χ0n) is 7.01.